The summed E-state index contributed by atoms with van der Waals surface area (Å²) in [6.07, 6.45) is 1.10. The molecule has 0 saturated carbocycles. The van der Waals surface area contributed by atoms with Crippen molar-refractivity contribution in [2.75, 3.05) is 6.54 Å². The second kappa shape index (κ2) is 4.34. The van der Waals surface area contributed by atoms with Crippen LogP contribution in [0.1, 0.15) is 33.6 Å². The van der Waals surface area contributed by atoms with Gasteiger partial charge in [0.2, 0.25) is 5.91 Å². The molecule has 0 aliphatic rings. The van der Waals surface area contributed by atoms with E-state index in [0.29, 0.717) is 19.4 Å². The summed E-state index contributed by atoms with van der Waals surface area (Å²) in [5.41, 5.74) is -0.680. The average Bonchev–Trinajstić information content (AvgIpc) is 1.85. The van der Waals surface area contributed by atoms with Gasteiger partial charge < -0.3 is 10.4 Å². The summed E-state index contributed by atoms with van der Waals surface area (Å²) >= 11 is 0. The monoisotopic (exact) mass is 159 g/mol. The number of amides is 1. The van der Waals surface area contributed by atoms with E-state index in [2.05, 4.69) is 5.32 Å². The molecule has 0 bridgehead atoms. The van der Waals surface area contributed by atoms with Crippen molar-refractivity contribution in [3.63, 3.8) is 0 Å². The highest BCUT2D eigenvalue weighted by molar-refractivity contribution is 5.75. The number of rotatable bonds is 4. The Morgan fingerprint density at radius 3 is 2.45 bits per heavy atom. The zero-order valence-corrected chi connectivity index (χ0v) is 7.48. The topological polar surface area (TPSA) is 49.3 Å². The quantitative estimate of drug-likeness (QED) is 0.633. The van der Waals surface area contributed by atoms with E-state index >= 15 is 0 Å². The van der Waals surface area contributed by atoms with Crippen molar-refractivity contribution in [2.24, 2.45) is 0 Å². The molecule has 0 atom stereocenters. The van der Waals surface area contributed by atoms with E-state index in [1.165, 1.54) is 0 Å². The number of aliphatic hydroxyl groups is 1. The van der Waals surface area contributed by atoms with Gasteiger partial charge in [-0.2, -0.15) is 0 Å². The zero-order valence-electron chi connectivity index (χ0n) is 7.48. The largest absolute Gasteiger partial charge is 0.390 e. The van der Waals surface area contributed by atoms with Gasteiger partial charge in [-0.15, -0.1) is 0 Å². The van der Waals surface area contributed by atoms with Crippen LogP contribution in [0.2, 0.25) is 0 Å². The van der Waals surface area contributed by atoms with Crippen LogP contribution in [0.5, 0.6) is 0 Å². The van der Waals surface area contributed by atoms with E-state index in [1.54, 1.807) is 20.8 Å². The minimum atomic E-state index is -0.680. The van der Waals surface area contributed by atoms with Crippen LogP contribution >= 0.6 is 0 Å². The molecule has 11 heavy (non-hydrogen) atoms. The van der Waals surface area contributed by atoms with Gasteiger partial charge in [-0.25, -0.2) is 0 Å². The van der Waals surface area contributed by atoms with Crippen LogP contribution in [0.3, 0.4) is 0 Å². The maximum Gasteiger partial charge on any atom is 0.219 e. The molecule has 66 valence electrons. The first-order valence-corrected chi connectivity index (χ1v) is 3.95. The molecule has 0 radical (unpaired) electrons. The molecule has 0 aliphatic heterocycles. The molecule has 0 aromatic heterocycles. The third-order valence-corrected chi connectivity index (χ3v) is 1.38. The fraction of sp³-hybridized carbons (Fsp3) is 0.875. The lowest BCUT2D eigenvalue weighted by atomic mass is 10.1. The number of nitrogens with one attached hydrogen (secondary N) is 1. The van der Waals surface area contributed by atoms with Gasteiger partial charge in [-0.05, 0) is 20.3 Å². The number of carbonyl (C=O) groups is 1. The molecule has 3 heteroatoms. The molecule has 0 aromatic rings. The minimum absolute atomic E-state index is 0.0363. The summed E-state index contributed by atoms with van der Waals surface area (Å²) in [7, 11) is 0. The van der Waals surface area contributed by atoms with Crippen LogP contribution in [0, 0.1) is 0 Å². The summed E-state index contributed by atoms with van der Waals surface area (Å²) in [4.78, 5) is 10.7. The second-order valence-electron chi connectivity index (χ2n) is 3.27. The predicted molar refractivity (Wildman–Crippen MR) is 44.2 cm³/mol. The van der Waals surface area contributed by atoms with Gasteiger partial charge in [0.1, 0.15) is 0 Å². The summed E-state index contributed by atoms with van der Waals surface area (Å²) in [6.45, 7) is 5.81. The van der Waals surface area contributed by atoms with Crippen LogP contribution in [-0.2, 0) is 4.79 Å². The third kappa shape index (κ3) is 7.33. The fourth-order valence-electron chi connectivity index (χ4n) is 0.633. The average molecular weight is 159 g/mol. The van der Waals surface area contributed by atoms with Crippen molar-refractivity contribution >= 4 is 5.91 Å². The Morgan fingerprint density at radius 2 is 2.09 bits per heavy atom. The van der Waals surface area contributed by atoms with Crippen molar-refractivity contribution in [3.8, 4) is 0 Å². The fourth-order valence-corrected chi connectivity index (χ4v) is 0.633. The highest BCUT2D eigenvalue weighted by Gasteiger charge is 2.11. The SMILES string of the molecule is CCC(=O)NCCC(C)(C)O. The third-order valence-electron chi connectivity index (χ3n) is 1.38. The summed E-state index contributed by atoms with van der Waals surface area (Å²) in [5, 5.41) is 11.9. The summed E-state index contributed by atoms with van der Waals surface area (Å²) in [5.74, 6) is 0.0363. The lowest BCUT2D eigenvalue weighted by Crippen LogP contribution is -2.30. The first kappa shape index (κ1) is 10.4. The van der Waals surface area contributed by atoms with E-state index in [0.717, 1.165) is 0 Å². The van der Waals surface area contributed by atoms with Gasteiger partial charge in [0.15, 0.2) is 0 Å². The van der Waals surface area contributed by atoms with E-state index in [1.807, 2.05) is 0 Å². The van der Waals surface area contributed by atoms with Crippen molar-refractivity contribution < 1.29 is 9.90 Å². The molecule has 3 nitrogen and oxygen atoms in total. The molecule has 0 aromatic carbocycles. The minimum Gasteiger partial charge on any atom is -0.390 e. The molecule has 0 saturated heterocycles. The molecular weight excluding hydrogens is 142 g/mol. The molecule has 1 amide bonds. The second-order valence-corrected chi connectivity index (χ2v) is 3.27. The van der Waals surface area contributed by atoms with Gasteiger partial charge in [-0.1, -0.05) is 6.92 Å². The van der Waals surface area contributed by atoms with Crippen LogP contribution in [0.15, 0.2) is 0 Å². The first-order valence-electron chi connectivity index (χ1n) is 3.95. The normalized spacial score (nSPS) is 11.3. The van der Waals surface area contributed by atoms with E-state index < -0.39 is 5.60 Å². The highest BCUT2D eigenvalue weighted by Crippen LogP contribution is 2.04. The standard InChI is InChI=1S/C8H17NO2/c1-4-7(10)9-6-5-8(2,3)11/h11H,4-6H2,1-3H3,(H,9,10). The van der Waals surface area contributed by atoms with Crippen LogP contribution in [-0.4, -0.2) is 23.2 Å². The van der Waals surface area contributed by atoms with Gasteiger partial charge in [0.25, 0.3) is 0 Å². The van der Waals surface area contributed by atoms with Gasteiger partial charge >= 0.3 is 0 Å². The Balaban J connectivity index is 3.35. The van der Waals surface area contributed by atoms with Gasteiger partial charge in [-0.3, -0.25) is 4.79 Å². The summed E-state index contributed by atoms with van der Waals surface area (Å²) < 4.78 is 0. The van der Waals surface area contributed by atoms with Gasteiger partial charge in [0.05, 0.1) is 5.60 Å². The van der Waals surface area contributed by atoms with E-state index in [4.69, 9.17) is 0 Å². The maximum atomic E-state index is 10.7. The maximum absolute atomic E-state index is 10.7. The smallest absolute Gasteiger partial charge is 0.219 e. The van der Waals surface area contributed by atoms with Crippen molar-refractivity contribution in [2.45, 2.75) is 39.2 Å². The van der Waals surface area contributed by atoms with Crippen LogP contribution < -0.4 is 5.32 Å². The number of hydrogen-bond donors (Lipinski definition) is 2. The van der Waals surface area contributed by atoms with Crippen LogP contribution in [0.25, 0.3) is 0 Å². The van der Waals surface area contributed by atoms with Gasteiger partial charge in [0, 0.05) is 13.0 Å². The summed E-state index contributed by atoms with van der Waals surface area (Å²) in [6, 6.07) is 0. The molecule has 0 spiro atoms. The highest BCUT2D eigenvalue weighted by atomic mass is 16.3. The van der Waals surface area contributed by atoms with Crippen molar-refractivity contribution in [3.05, 3.63) is 0 Å². The molecule has 2 N–H and O–H groups in total. The first-order chi connectivity index (χ1) is 4.95. The predicted octanol–water partition coefficient (Wildman–Crippen LogP) is 0.674. The molecule has 0 heterocycles. The Labute approximate surface area is 67.8 Å². The molecular formula is C8H17NO2. The van der Waals surface area contributed by atoms with E-state index in [-0.39, 0.29) is 5.91 Å². The number of hydrogen-bond acceptors (Lipinski definition) is 2. The molecule has 0 fully saturated rings. The number of carbonyl (C=O) groups excluding carboxylic acids is 1. The van der Waals surface area contributed by atoms with E-state index in [9.17, 15) is 9.90 Å². The Bertz CT molecular complexity index is 127. The Hall–Kier alpha value is -0.570. The molecule has 0 rings (SSSR count). The van der Waals surface area contributed by atoms with Crippen molar-refractivity contribution in [1.82, 2.24) is 5.32 Å². The zero-order chi connectivity index (χ0) is 8.91. The van der Waals surface area contributed by atoms with Crippen molar-refractivity contribution in [1.29, 1.82) is 0 Å². The molecule has 0 aliphatic carbocycles. The Morgan fingerprint density at radius 1 is 1.55 bits per heavy atom. The molecule has 0 unspecified atom stereocenters. The van der Waals surface area contributed by atoms with Crippen LogP contribution in [0.4, 0.5) is 0 Å². The Kier molecular flexibility index (Phi) is 4.11. The lowest BCUT2D eigenvalue weighted by Gasteiger charge is -2.16. The lowest BCUT2D eigenvalue weighted by molar-refractivity contribution is -0.120.